The van der Waals surface area contributed by atoms with E-state index in [2.05, 4.69) is 19.1 Å². The van der Waals surface area contributed by atoms with Crippen molar-refractivity contribution in [1.29, 1.82) is 0 Å². The van der Waals surface area contributed by atoms with Gasteiger partial charge in [0.25, 0.3) is 0 Å². The molecular weight excluding hydrogens is 256 g/mol. The zero-order valence-electron chi connectivity index (χ0n) is 11.6. The van der Waals surface area contributed by atoms with E-state index in [-0.39, 0.29) is 0 Å². The fourth-order valence-electron chi connectivity index (χ4n) is 1.96. The molecule has 0 spiro atoms. The summed E-state index contributed by atoms with van der Waals surface area (Å²) in [5.41, 5.74) is 1.99. The van der Waals surface area contributed by atoms with Crippen molar-refractivity contribution in [3.8, 4) is 5.75 Å². The van der Waals surface area contributed by atoms with Crippen LogP contribution in [0.3, 0.4) is 0 Å². The van der Waals surface area contributed by atoms with Crippen LogP contribution in [0, 0.1) is 6.92 Å². The lowest BCUT2D eigenvalue weighted by Crippen LogP contribution is -2.00. The average molecular weight is 276 g/mol. The molecule has 2 rings (SSSR count). The summed E-state index contributed by atoms with van der Waals surface area (Å²) in [6.45, 7) is 6.50. The number of aryl methyl sites for hydroxylation is 2. The van der Waals surface area contributed by atoms with Gasteiger partial charge in [-0.15, -0.1) is 11.3 Å². The summed E-state index contributed by atoms with van der Waals surface area (Å²) < 4.78 is 5.85. The molecular formula is C16H20O2S. The van der Waals surface area contributed by atoms with Gasteiger partial charge in [0.05, 0.1) is 6.10 Å². The molecule has 2 nitrogen and oxygen atoms in total. The van der Waals surface area contributed by atoms with Crippen molar-refractivity contribution in [2.75, 3.05) is 0 Å². The maximum Gasteiger partial charge on any atom is 0.125 e. The van der Waals surface area contributed by atoms with Crippen molar-refractivity contribution in [2.24, 2.45) is 0 Å². The minimum atomic E-state index is -0.510. The van der Waals surface area contributed by atoms with Gasteiger partial charge in [-0.05, 0) is 44.5 Å². The molecule has 1 N–H and O–H groups in total. The Kier molecular flexibility index (Phi) is 4.61. The third-order valence-electron chi connectivity index (χ3n) is 3.05. The molecule has 0 aliphatic heterocycles. The van der Waals surface area contributed by atoms with E-state index in [0.717, 1.165) is 23.3 Å². The Morgan fingerprint density at radius 1 is 1.21 bits per heavy atom. The Morgan fingerprint density at radius 2 is 1.95 bits per heavy atom. The Hall–Kier alpha value is -1.32. The first-order chi connectivity index (χ1) is 9.10. The molecule has 1 heterocycles. The zero-order chi connectivity index (χ0) is 13.8. The molecule has 0 saturated carbocycles. The number of hydrogen-bond acceptors (Lipinski definition) is 3. The third-order valence-corrected chi connectivity index (χ3v) is 4.25. The minimum Gasteiger partial charge on any atom is -0.488 e. The van der Waals surface area contributed by atoms with Crippen molar-refractivity contribution in [3.05, 3.63) is 51.2 Å². The number of thiophene rings is 1. The maximum absolute atomic E-state index is 9.79. The summed E-state index contributed by atoms with van der Waals surface area (Å²) in [4.78, 5) is 2.59. The molecule has 0 bridgehead atoms. The highest BCUT2D eigenvalue weighted by molar-refractivity contribution is 7.11. The van der Waals surface area contributed by atoms with Gasteiger partial charge in [-0.25, -0.2) is 0 Å². The van der Waals surface area contributed by atoms with E-state index in [0.29, 0.717) is 6.61 Å². The fraction of sp³-hybridized carbons (Fsp3) is 0.375. The highest BCUT2D eigenvalue weighted by Crippen LogP contribution is 2.28. The van der Waals surface area contributed by atoms with Gasteiger partial charge < -0.3 is 9.84 Å². The van der Waals surface area contributed by atoms with Crippen LogP contribution in [-0.4, -0.2) is 5.11 Å². The monoisotopic (exact) mass is 276 g/mol. The lowest BCUT2D eigenvalue weighted by molar-refractivity contribution is 0.190. The van der Waals surface area contributed by atoms with Gasteiger partial charge in [-0.2, -0.15) is 0 Å². The summed E-state index contributed by atoms with van der Waals surface area (Å²) in [5.74, 6) is 0.770. The topological polar surface area (TPSA) is 29.5 Å². The van der Waals surface area contributed by atoms with Gasteiger partial charge in [-0.1, -0.05) is 18.6 Å². The number of aliphatic hydroxyl groups is 1. The second kappa shape index (κ2) is 6.22. The molecule has 102 valence electrons. The van der Waals surface area contributed by atoms with E-state index < -0.39 is 6.10 Å². The van der Waals surface area contributed by atoms with E-state index in [1.165, 1.54) is 9.75 Å². The predicted molar refractivity (Wildman–Crippen MR) is 79.8 cm³/mol. The molecule has 1 aromatic carbocycles. The molecule has 0 aliphatic carbocycles. The summed E-state index contributed by atoms with van der Waals surface area (Å²) in [6, 6.07) is 10.2. The molecule has 19 heavy (non-hydrogen) atoms. The quantitative estimate of drug-likeness (QED) is 0.884. The second-order valence-corrected chi connectivity index (χ2v) is 5.98. The lowest BCUT2D eigenvalue weighted by atomic mass is 10.1. The van der Waals surface area contributed by atoms with Crippen LogP contribution in [0.2, 0.25) is 0 Å². The zero-order valence-corrected chi connectivity index (χ0v) is 12.5. The van der Waals surface area contributed by atoms with Gasteiger partial charge in [-0.3, -0.25) is 0 Å². The summed E-state index contributed by atoms with van der Waals surface area (Å²) in [6.07, 6.45) is 0.554. The van der Waals surface area contributed by atoms with Crippen LogP contribution >= 0.6 is 11.3 Å². The first-order valence-corrected chi connectivity index (χ1v) is 7.40. The number of benzene rings is 1. The highest BCUT2D eigenvalue weighted by atomic mass is 32.1. The lowest BCUT2D eigenvalue weighted by Gasteiger charge is -2.13. The van der Waals surface area contributed by atoms with Gasteiger partial charge >= 0.3 is 0 Å². The fourth-order valence-corrected chi connectivity index (χ4v) is 2.84. The van der Waals surface area contributed by atoms with E-state index in [4.69, 9.17) is 4.74 Å². The Bertz CT molecular complexity index is 543. The van der Waals surface area contributed by atoms with Crippen LogP contribution in [0.5, 0.6) is 5.75 Å². The molecule has 0 saturated heterocycles. The largest absolute Gasteiger partial charge is 0.488 e. The average Bonchev–Trinajstić information content (AvgIpc) is 2.85. The van der Waals surface area contributed by atoms with Crippen molar-refractivity contribution >= 4 is 11.3 Å². The number of aliphatic hydroxyl groups excluding tert-OH is 1. The van der Waals surface area contributed by atoms with Gasteiger partial charge in [0, 0.05) is 15.3 Å². The van der Waals surface area contributed by atoms with Crippen LogP contribution in [-0.2, 0) is 13.0 Å². The van der Waals surface area contributed by atoms with E-state index in [9.17, 15) is 5.11 Å². The molecule has 0 radical (unpaired) electrons. The van der Waals surface area contributed by atoms with Crippen LogP contribution < -0.4 is 4.74 Å². The summed E-state index contributed by atoms with van der Waals surface area (Å²) in [5, 5.41) is 9.79. The van der Waals surface area contributed by atoms with Crippen LogP contribution in [0.25, 0.3) is 0 Å². The first kappa shape index (κ1) is 14.1. The summed E-state index contributed by atoms with van der Waals surface area (Å²) >= 11 is 1.78. The Labute approximate surface area is 118 Å². The molecule has 0 amide bonds. The smallest absolute Gasteiger partial charge is 0.125 e. The number of rotatable bonds is 5. The third kappa shape index (κ3) is 3.58. The first-order valence-electron chi connectivity index (χ1n) is 6.59. The molecule has 1 atom stereocenters. The van der Waals surface area contributed by atoms with Gasteiger partial charge in [0.2, 0.25) is 0 Å². The highest BCUT2D eigenvalue weighted by Gasteiger charge is 2.10. The van der Waals surface area contributed by atoms with Crippen molar-refractivity contribution in [3.63, 3.8) is 0 Å². The van der Waals surface area contributed by atoms with E-state index >= 15 is 0 Å². The van der Waals surface area contributed by atoms with Crippen molar-refractivity contribution in [2.45, 2.75) is 39.9 Å². The number of hydrogen-bond donors (Lipinski definition) is 1. The van der Waals surface area contributed by atoms with Crippen LogP contribution in [0.4, 0.5) is 0 Å². The second-order valence-electron chi connectivity index (χ2n) is 4.73. The normalized spacial score (nSPS) is 12.4. The predicted octanol–water partition coefficient (Wildman–Crippen LogP) is 4.25. The van der Waals surface area contributed by atoms with Crippen molar-refractivity contribution < 1.29 is 9.84 Å². The molecule has 1 aromatic heterocycles. The van der Waals surface area contributed by atoms with Gasteiger partial charge in [0.1, 0.15) is 12.4 Å². The maximum atomic E-state index is 9.79. The molecule has 0 aliphatic rings. The van der Waals surface area contributed by atoms with E-state index in [1.54, 1.807) is 18.3 Å². The number of ether oxygens (including phenoxy) is 1. The van der Waals surface area contributed by atoms with Gasteiger partial charge in [0.15, 0.2) is 0 Å². The molecule has 2 aromatic rings. The molecule has 3 heteroatoms. The molecule has 0 unspecified atom stereocenters. The molecule has 0 fully saturated rings. The standard InChI is InChI=1S/C16H20O2S/c1-4-13-6-7-14(19-13)10-18-16-8-5-11(2)9-15(16)12(3)17/h5-9,12,17H,4,10H2,1-3H3/t12-/m0/s1. The van der Waals surface area contributed by atoms with Crippen LogP contribution in [0.15, 0.2) is 30.3 Å². The van der Waals surface area contributed by atoms with Crippen LogP contribution in [0.1, 0.15) is 40.8 Å². The van der Waals surface area contributed by atoms with Crippen molar-refractivity contribution in [1.82, 2.24) is 0 Å². The van der Waals surface area contributed by atoms with E-state index in [1.807, 2.05) is 25.1 Å². The minimum absolute atomic E-state index is 0.510. The summed E-state index contributed by atoms with van der Waals surface area (Å²) in [7, 11) is 0. The Morgan fingerprint density at radius 3 is 2.58 bits per heavy atom. The Balaban J connectivity index is 2.10. The SMILES string of the molecule is CCc1ccc(COc2ccc(C)cc2[C@H](C)O)s1.